The standard InChI is InChI=1S/C25H33ClN2O3/c1-17(2)18-7-3-8-19(15-18)23-21(10-4-11-22(23)26)25(31,12-6-14-28-24(29)30)20-9-5-13-27-16-20/h3-4,7-8,10-11,15,17,20,27-28,31H,5-6,9,12-14,16H2,1-2H3,(H,29,30)/t20-,25+/m1/s1. The minimum atomic E-state index is -1.11. The minimum absolute atomic E-state index is 0.0246. The van der Waals surface area contributed by atoms with Crippen molar-refractivity contribution in [2.75, 3.05) is 19.6 Å². The third kappa shape index (κ3) is 5.59. The van der Waals surface area contributed by atoms with Crippen molar-refractivity contribution in [2.45, 2.75) is 51.0 Å². The smallest absolute Gasteiger partial charge is 0.404 e. The lowest BCUT2D eigenvalue weighted by Gasteiger charge is -2.40. The van der Waals surface area contributed by atoms with Crippen molar-refractivity contribution in [3.05, 3.63) is 58.6 Å². The van der Waals surface area contributed by atoms with Crippen LogP contribution in [0.1, 0.15) is 56.6 Å². The third-order valence-corrected chi connectivity index (χ3v) is 6.62. The number of hydrogen-bond acceptors (Lipinski definition) is 3. The van der Waals surface area contributed by atoms with Gasteiger partial charge in [-0.15, -0.1) is 0 Å². The summed E-state index contributed by atoms with van der Waals surface area (Å²) in [7, 11) is 0. The Labute approximate surface area is 189 Å². The Kier molecular flexibility index (Phi) is 7.98. The van der Waals surface area contributed by atoms with E-state index in [1.807, 2.05) is 30.3 Å². The summed E-state index contributed by atoms with van der Waals surface area (Å²) >= 11 is 6.73. The number of carbonyl (C=O) groups is 1. The molecule has 1 saturated heterocycles. The maximum atomic E-state index is 12.1. The summed E-state index contributed by atoms with van der Waals surface area (Å²) < 4.78 is 0. The first-order valence-electron chi connectivity index (χ1n) is 11.1. The molecular weight excluding hydrogens is 412 g/mol. The molecule has 0 aliphatic carbocycles. The van der Waals surface area contributed by atoms with E-state index in [4.69, 9.17) is 16.7 Å². The van der Waals surface area contributed by atoms with Gasteiger partial charge in [-0.1, -0.05) is 61.8 Å². The summed E-state index contributed by atoms with van der Waals surface area (Å²) in [5.74, 6) is 0.408. The molecule has 2 aromatic carbocycles. The van der Waals surface area contributed by atoms with Crippen LogP contribution in [0.25, 0.3) is 11.1 Å². The first-order chi connectivity index (χ1) is 14.8. The lowest BCUT2D eigenvalue weighted by atomic mass is 9.72. The van der Waals surface area contributed by atoms with Gasteiger partial charge in [-0.3, -0.25) is 0 Å². The number of hydrogen-bond donors (Lipinski definition) is 4. The van der Waals surface area contributed by atoms with Gasteiger partial charge in [0.2, 0.25) is 0 Å². The molecule has 2 aromatic rings. The molecule has 0 bridgehead atoms. The van der Waals surface area contributed by atoms with Crippen LogP contribution in [0.5, 0.6) is 0 Å². The molecule has 1 aliphatic heterocycles. The zero-order valence-electron chi connectivity index (χ0n) is 18.3. The van der Waals surface area contributed by atoms with Crippen molar-refractivity contribution in [1.29, 1.82) is 0 Å². The molecule has 0 saturated carbocycles. The number of halogens is 1. The SMILES string of the molecule is CC(C)c1cccc(-c2c(Cl)cccc2[C@](O)(CCCNC(=O)O)[C@@H]2CCCNC2)c1. The average Bonchev–Trinajstić information content (AvgIpc) is 2.77. The predicted octanol–water partition coefficient (Wildman–Crippen LogP) is 5.37. The Hall–Kier alpha value is -2.08. The van der Waals surface area contributed by atoms with Gasteiger partial charge in [-0.2, -0.15) is 0 Å². The van der Waals surface area contributed by atoms with Crippen molar-refractivity contribution in [1.82, 2.24) is 10.6 Å². The average molecular weight is 445 g/mol. The maximum absolute atomic E-state index is 12.1. The van der Waals surface area contributed by atoms with E-state index >= 15 is 0 Å². The highest BCUT2D eigenvalue weighted by Gasteiger charge is 2.40. The van der Waals surface area contributed by atoms with Gasteiger partial charge in [0, 0.05) is 29.6 Å². The van der Waals surface area contributed by atoms with Gasteiger partial charge in [0.15, 0.2) is 0 Å². The molecule has 0 unspecified atom stereocenters. The molecule has 168 valence electrons. The van der Waals surface area contributed by atoms with E-state index in [2.05, 4.69) is 36.6 Å². The van der Waals surface area contributed by atoms with E-state index < -0.39 is 11.7 Å². The molecule has 0 aromatic heterocycles. The summed E-state index contributed by atoms with van der Waals surface area (Å²) in [5, 5.41) is 27.5. The lowest BCUT2D eigenvalue weighted by molar-refractivity contribution is -0.0415. The number of aliphatic hydroxyl groups is 1. The molecule has 31 heavy (non-hydrogen) atoms. The molecule has 1 amide bonds. The fourth-order valence-corrected chi connectivity index (χ4v) is 4.89. The number of rotatable bonds is 8. The molecule has 1 fully saturated rings. The summed E-state index contributed by atoms with van der Waals surface area (Å²) in [6.45, 7) is 6.29. The molecule has 2 atom stereocenters. The molecule has 1 aliphatic rings. The summed E-state index contributed by atoms with van der Waals surface area (Å²) in [4.78, 5) is 10.9. The van der Waals surface area contributed by atoms with Crippen molar-refractivity contribution in [3.8, 4) is 11.1 Å². The zero-order chi connectivity index (χ0) is 22.4. The highest BCUT2D eigenvalue weighted by molar-refractivity contribution is 6.33. The first-order valence-corrected chi connectivity index (χ1v) is 11.5. The van der Waals surface area contributed by atoms with E-state index in [0.717, 1.165) is 42.6 Å². The van der Waals surface area contributed by atoms with Gasteiger partial charge in [-0.25, -0.2) is 4.79 Å². The van der Waals surface area contributed by atoms with Crippen LogP contribution in [0.4, 0.5) is 4.79 Å². The second-order valence-corrected chi connectivity index (χ2v) is 9.15. The fourth-order valence-electron chi connectivity index (χ4n) is 4.60. The van der Waals surface area contributed by atoms with Gasteiger partial charge in [0.05, 0.1) is 5.60 Å². The van der Waals surface area contributed by atoms with Crippen molar-refractivity contribution in [3.63, 3.8) is 0 Å². The predicted molar refractivity (Wildman–Crippen MR) is 126 cm³/mol. The first kappa shape index (κ1) is 23.6. The van der Waals surface area contributed by atoms with Gasteiger partial charge in [0.25, 0.3) is 0 Å². The second-order valence-electron chi connectivity index (χ2n) is 8.75. The Morgan fingerprint density at radius 1 is 1.29 bits per heavy atom. The second kappa shape index (κ2) is 10.5. The van der Waals surface area contributed by atoms with Crippen LogP contribution in [0.3, 0.4) is 0 Å². The zero-order valence-corrected chi connectivity index (χ0v) is 19.1. The van der Waals surface area contributed by atoms with E-state index in [1.54, 1.807) is 0 Å². The quantitative estimate of drug-likeness (QED) is 0.413. The molecule has 0 radical (unpaired) electrons. The summed E-state index contributed by atoms with van der Waals surface area (Å²) in [6, 6.07) is 14.1. The van der Waals surface area contributed by atoms with Crippen LogP contribution in [-0.4, -0.2) is 35.9 Å². The molecule has 1 heterocycles. The lowest BCUT2D eigenvalue weighted by Crippen LogP contribution is -2.45. The Balaban J connectivity index is 2.05. The maximum Gasteiger partial charge on any atom is 0.404 e. The topological polar surface area (TPSA) is 81.6 Å². The molecule has 4 N–H and O–H groups in total. The largest absolute Gasteiger partial charge is 0.465 e. The Morgan fingerprint density at radius 3 is 2.74 bits per heavy atom. The highest BCUT2D eigenvalue weighted by atomic mass is 35.5. The highest BCUT2D eigenvalue weighted by Crippen LogP contribution is 2.45. The number of piperidine rings is 1. The van der Waals surface area contributed by atoms with Gasteiger partial charge < -0.3 is 20.8 Å². The Bertz CT molecular complexity index is 896. The number of amides is 1. The van der Waals surface area contributed by atoms with Crippen LogP contribution in [-0.2, 0) is 5.60 Å². The van der Waals surface area contributed by atoms with Gasteiger partial charge >= 0.3 is 6.09 Å². The van der Waals surface area contributed by atoms with Crippen LogP contribution >= 0.6 is 11.6 Å². The van der Waals surface area contributed by atoms with Crippen molar-refractivity contribution < 1.29 is 15.0 Å². The van der Waals surface area contributed by atoms with Crippen LogP contribution in [0.15, 0.2) is 42.5 Å². The van der Waals surface area contributed by atoms with E-state index in [1.165, 1.54) is 5.56 Å². The summed E-state index contributed by atoms with van der Waals surface area (Å²) in [5.41, 5.74) is 2.80. The van der Waals surface area contributed by atoms with E-state index in [0.29, 0.717) is 30.3 Å². The molecule has 3 rings (SSSR count). The summed E-state index contributed by atoms with van der Waals surface area (Å²) in [6.07, 6.45) is 1.86. The number of carboxylic acid groups (broad SMARTS) is 1. The van der Waals surface area contributed by atoms with Crippen LogP contribution < -0.4 is 10.6 Å². The van der Waals surface area contributed by atoms with Crippen molar-refractivity contribution in [2.24, 2.45) is 5.92 Å². The van der Waals surface area contributed by atoms with Crippen LogP contribution in [0, 0.1) is 5.92 Å². The van der Waals surface area contributed by atoms with E-state index in [9.17, 15) is 9.90 Å². The monoisotopic (exact) mass is 444 g/mol. The normalized spacial score (nSPS) is 18.5. The third-order valence-electron chi connectivity index (χ3n) is 6.31. The Morgan fingerprint density at radius 2 is 2.06 bits per heavy atom. The minimum Gasteiger partial charge on any atom is -0.465 e. The molecule has 5 nitrogen and oxygen atoms in total. The van der Waals surface area contributed by atoms with Gasteiger partial charge in [-0.05, 0) is 60.9 Å². The molecule has 6 heteroatoms. The molecule has 0 spiro atoms. The van der Waals surface area contributed by atoms with Crippen molar-refractivity contribution >= 4 is 17.7 Å². The molecular formula is C25H33ClN2O3. The fraction of sp³-hybridized carbons (Fsp3) is 0.480. The van der Waals surface area contributed by atoms with Crippen LogP contribution in [0.2, 0.25) is 5.02 Å². The number of benzene rings is 2. The van der Waals surface area contributed by atoms with E-state index in [-0.39, 0.29) is 5.92 Å². The van der Waals surface area contributed by atoms with Gasteiger partial charge in [0.1, 0.15) is 0 Å². The number of nitrogens with one attached hydrogen (secondary N) is 2.